The molecule has 22 N–H and O–H groups in total. The van der Waals surface area contributed by atoms with Crippen LogP contribution in [0.3, 0.4) is 0 Å². The molecular formula is C16H54CrMo6N4O32-32. The van der Waals surface area contributed by atoms with E-state index >= 15 is 0 Å². The molecule has 0 unspecified atom stereocenters. The average Bonchev–Trinajstić information content (AvgIpc) is 2.75. The van der Waals surface area contributed by atoms with Gasteiger partial charge in [-0.2, -0.15) is 0 Å². The molecule has 0 saturated carbocycles. The summed E-state index contributed by atoms with van der Waals surface area (Å²) in [5.41, 5.74) is 0. The molecule has 43 heteroatoms. The maximum absolute atomic E-state index is 5.04. The summed E-state index contributed by atoms with van der Waals surface area (Å²) in [6, 6.07) is 0. The summed E-state index contributed by atoms with van der Waals surface area (Å²) < 4.78 is 20.2. The van der Waals surface area contributed by atoms with Gasteiger partial charge in [-0.25, -0.2) is 0 Å². The predicted octanol–water partition coefficient (Wildman–Crippen LogP) is -12.2. The molecule has 0 aromatic rings. The van der Waals surface area contributed by atoms with Crippen molar-refractivity contribution in [2.75, 3.05) is 105 Å². The van der Waals surface area contributed by atoms with E-state index in [0.29, 0.717) is 0 Å². The van der Waals surface area contributed by atoms with Crippen LogP contribution in [0.2, 0.25) is 0 Å². The molecule has 4 heterocycles. The first kappa shape index (κ1) is 315. The number of rotatable bonds is 0. The van der Waals surface area contributed by atoms with E-state index in [-0.39, 0.29) is 297 Å². The molecule has 0 aliphatic carbocycles. The quantitative estimate of drug-likeness (QED) is 0.166. The second-order valence-corrected chi connectivity index (χ2v) is 5.91. The average molecular weight is 1440 g/mol. The van der Waals surface area contributed by atoms with E-state index < -0.39 is 0 Å². The number of morpholine rings is 4. The van der Waals surface area contributed by atoms with Gasteiger partial charge in [0.2, 0.25) is 0 Å². The molecule has 0 spiro atoms. The van der Waals surface area contributed by atoms with Crippen LogP contribution in [0, 0.1) is 0 Å². The van der Waals surface area contributed by atoms with E-state index in [0.717, 1.165) is 105 Å². The molecular weight excluding hydrogens is 1390 g/mol. The van der Waals surface area contributed by atoms with Gasteiger partial charge >= 0.3 is 17.4 Å². The maximum Gasteiger partial charge on any atom is 6.00 e. The van der Waals surface area contributed by atoms with Crippen LogP contribution in [-0.4, -0.2) is 160 Å². The molecule has 59 heavy (non-hydrogen) atoms. The van der Waals surface area contributed by atoms with Crippen molar-refractivity contribution in [3.8, 4) is 0 Å². The summed E-state index contributed by atoms with van der Waals surface area (Å²) in [4.78, 5) is 0. The Morgan fingerprint density at radius 1 is 0.203 bits per heavy atom. The molecule has 4 saturated heterocycles. The Labute approximate surface area is 439 Å². The zero-order chi connectivity index (χ0) is 17.0. The van der Waals surface area contributed by atoms with E-state index in [1.165, 1.54) is 0 Å². The van der Waals surface area contributed by atoms with Crippen LogP contribution in [-0.2, 0) is 261 Å². The summed E-state index contributed by atoms with van der Waals surface area (Å²) in [6.07, 6.45) is 0. The van der Waals surface area contributed by atoms with Crippen LogP contribution in [0.1, 0.15) is 0 Å². The Morgan fingerprint density at radius 2 is 0.271 bits per heavy atom. The van der Waals surface area contributed by atoms with Crippen molar-refractivity contribution in [2.24, 2.45) is 0 Å². The van der Waals surface area contributed by atoms with Crippen molar-refractivity contribution in [1.29, 1.82) is 0 Å². The zero-order valence-corrected chi connectivity index (χ0v) is 43.5. The van der Waals surface area contributed by atoms with Crippen molar-refractivity contribution in [3.05, 3.63) is 0 Å². The molecule has 0 aromatic carbocycles. The van der Waals surface area contributed by atoms with Crippen LogP contribution in [0.25, 0.3) is 0 Å². The monoisotopic (exact) mass is 1450 g/mol. The van der Waals surface area contributed by atoms with Gasteiger partial charge in [-0.15, -0.1) is 0 Å². The Bertz CT molecular complexity index is 210. The number of quaternary nitrogens is 4. The summed E-state index contributed by atoms with van der Waals surface area (Å²) in [6.45, 7) is 16.8. The fourth-order valence-corrected chi connectivity index (χ4v) is 2.32. The molecule has 0 aromatic heterocycles. The summed E-state index contributed by atoms with van der Waals surface area (Å²) >= 11 is 0. The van der Waals surface area contributed by atoms with Gasteiger partial charge in [0.1, 0.15) is 0 Å². The van der Waals surface area contributed by atoms with Crippen molar-refractivity contribution >= 4 is 0 Å². The molecule has 36 nitrogen and oxygen atoms in total. The first-order chi connectivity index (χ1) is 12.0. The van der Waals surface area contributed by atoms with Gasteiger partial charge in [0.25, 0.3) is 0 Å². The summed E-state index contributed by atoms with van der Waals surface area (Å²) in [5, 5.41) is 9.07. The number of hydrogen-bond acceptors (Lipinski definition) is 10. The Morgan fingerprint density at radius 3 is 0.288 bits per heavy atom. The minimum atomic E-state index is 0. The van der Waals surface area contributed by atoms with Crippen LogP contribution >= 0.6 is 0 Å². The van der Waals surface area contributed by atoms with Gasteiger partial charge in [-0.1, -0.05) is 0 Å². The van der Waals surface area contributed by atoms with Crippen molar-refractivity contribution < 1.29 is 337 Å². The van der Waals surface area contributed by atoms with E-state index in [1.807, 2.05) is 0 Å². The Balaban J connectivity index is -0.00000000329. The smallest absolute Gasteiger partial charge is 2.00 e. The van der Waals surface area contributed by atoms with Gasteiger partial charge in [-0.3, -0.25) is 0 Å². The van der Waals surface area contributed by atoms with Gasteiger partial charge in [0, 0.05) is 126 Å². The SMILES string of the molecule is C1COCC[NH2+]1.C1COCC[NH2+]1.C1COCC[NH2+]1.C1COCC[NH2+]1.O.O.O.O.[Cr+6].[Mo].[Mo].[Mo].[Mo].[Mo].[Mo].[O-2].[O-2].[O-2].[O-2].[O-2].[O-2].[O-2].[O-2].[O-2].[O-2].[O-2].[O-2].[O-2].[O-2].[O-2].[O-2].[O-2].[O-2].[OH-].[OH-].[OH-].[OH-].[OH-].[OH-]. The Kier molecular flexibility index (Phi) is 1600. The number of ether oxygens (including phenoxy) is 4. The van der Waals surface area contributed by atoms with Gasteiger partial charge in [0.15, 0.2) is 0 Å². The van der Waals surface area contributed by atoms with Gasteiger partial charge in [-0.05, 0) is 0 Å². The van der Waals surface area contributed by atoms with E-state index in [1.54, 1.807) is 0 Å². The van der Waals surface area contributed by atoms with Crippen molar-refractivity contribution in [1.82, 2.24) is 0 Å². The molecule has 0 bridgehead atoms. The third-order valence-corrected chi connectivity index (χ3v) is 3.73. The topological polar surface area (TPSA) is 922 Å². The first-order valence-electron chi connectivity index (χ1n) is 9.58. The molecule has 0 radical (unpaired) electrons. The molecule has 404 valence electrons. The van der Waals surface area contributed by atoms with Crippen LogP contribution in [0.4, 0.5) is 0 Å². The second-order valence-electron chi connectivity index (χ2n) is 5.91. The summed E-state index contributed by atoms with van der Waals surface area (Å²) in [5.74, 6) is 0. The minimum Gasteiger partial charge on any atom is -2.00 e. The molecule has 4 aliphatic heterocycles. The van der Waals surface area contributed by atoms with Crippen LogP contribution in [0.5, 0.6) is 0 Å². The van der Waals surface area contributed by atoms with Crippen molar-refractivity contribution in [2.45, 2.75) is 0 Å². The standard InChI is InChI=1S/4C4H9NO.Cr.6Mo.10H2O.18O/c4*1-3-6-4-2-5-1;;;;;;;;;;;;;;;;;;;;;;;;;;;;;;;;;;;/h4*5H,1-4H2;;;;;;;;10*1H2;;;;;;;;;;;;;;;;;;/q;;;;+6;;;;;;;;;;;;;;;;;18*-2/p-2. The van der Waals surface area contributed by atoms with Crippen molar-refractivity contribution in [3.63, 3.8) is 0 Å². The number of hydrogen-bond donors (Lipinski definition) is 4. The predicted molar refractivity (Wildman–Crippen MR) is 128 cm³/mol. The van der Waals surface area contributed by atoms with Gasteiger partial charge in [0.05, 0.1) is 105 Å². The Hall–Kier alpha value is 3.22. The normalized spacial score (nSPS) is 9.76. The first-order valence-corrected chi connectivity index (χ1v) is 9.58. The third-order valence-electron chi connectivity index (χ3n) is 3.73. The largest absolute Gasteiger partial charge is 6.00 e. The van der Waals surface area contributed by atoms with E-state index in [4.69, 9.17) is 18.9 Å². The van der Waals surface area contributed by atoms with E-state index in [2.05, 4.69) is 21.3 Å². The minimum absolute atomic E-state index is 0. The summed E-state index contributed by atoms with van der Waals surface area (Å²) in [7, 11) is 0. The molecule has 4 fully saturated rings. The van der Waals surface area contributed by atoms with Gasteiger partial charge < -0.3 is 194 Å². The molecule has 0 atom stereocenters. The van der Waals surface area contributed by atoms with E-state index in [9.17, 15) is 0 Å². The molecule has 0 amide bonds. The van der Waals surface area contributed by atoms with Crippen LogP contribution < -0.4 is 21.3 Å². The third kappa shape index (κ3) is 290. The molecule has 4 rings (SSSR count). The fourth-order valence-electron chi connectivity index (χ4n) is 2.32. The fraction of sp³-hybridized carbons (Fsp3) is 1.00. The zero-order valence-electron chi connectivity index (χ0n) is 30.1. The second kappa shape index (κ2) is 300. The number of nitrogens with two attached hydrogens (primary N) is 4. The molecule has 4 aliphatic rings. The maximum atomic E-state index is 5.04. The van der Waals surface area contributed by atoms with Crippen LogP contribution in [0.15, 0.2) is 0 Å².